The zero-order chi connectivity index (χ0) is 22.5. The van der Waals surface area contributed by atoms with Crippen molar-refractivity contribution in [2.75, 3.05) is 65.6 Å². The van der Waals surface area contributed by atoms with Crippen LogP contribution in [0, 0.1) is 5.92 Å². The smallest absolute Gasteiger partial charge is 0.169 e. The van der Waals surface area contributed by atoms with Crippen molar-refractivity contribution in [3.8, 4) is 5.75 Å². The number of hydrogen-bond acceptors (Lipinski definition) is 6. The number of Topliss-reactive ketones (excluding diaryl/α,β-unsaturated/α-hetero) is 1. The Bertz CT molecular complexity index is 795. The monoisotopic (exact) mass is 455 g/mol. The summed E-state index contributed by atoms with van der Waals surface area (Å²) in [5, 5.41) is 0. The number of benzene rings is 1. The molecule has 2 unspecified atom stereocenters. The number of hydrogen-bond donors (Lipinski definition) is 0. The highest BCUT2D eigenvalue weighted by molar-refractivity contribution is 5.99. The molecule has 0 spiro atoms. The molecule has 5 rings (SSSR count). The van der Waals surface area contributed by atoms with E-state index >= 15 is 0 Å². The van der Waals surface area contributed by atoms with E-state index in [-0.39, 0.29) is 5.78 Å². The number of likely N-dealkylation sites (tertiary alicyclic amines) is 1. The van der Waals surface area contributed by atoms with E-state index in [0.29, 0.717) is 25.0 Å². The summed E-state index contributed by atoms with van der Waals surface area (Å²) in [6.07, 6.45) is 8.40. The summed E-state index contributed by atoms with van der Waals surface area (Å²) in [5.74, 6) is 1.68. The first kappa shape index (κ1) is 23.3. The maximum Gasteiger partial charge on any atom is 0.169 e. The van der Waals surface area contributed by atoms with Crippen molar-refractivity contribution in [2.45, 2.75) is 57.5 Å². The number of fused-ring (bicyclic) bond motifs is 2. The lowest BCUT2D eigenvalue weighted by molar-refractivity contribution is -0.00317. The number of piperazine rings is 1. The van der Waals surface area contributed by atoms with E-state index in [1.165, 1.54) is 70.3 Å². The largest absolute Gasteiger partial charge is 0.492 e. The molecular formula is C27H41N3O3. The molecule has 1 aromatic rings. The van der Waals surface area contributed by atoms with Crippen LogP contribution in [0.4, 0.5) is 0 Å². The van der Waals surface area contributed by atoms with E-state index in [2.05, 4.69) is 26.8 Å². The van der Waals surface area contributed by atoms with Crippen molar-refractivity contribution >= 4 is 5.78 Å². The summed E-state index contributed by atoms with van der Waals surface area (Å²) >= 11 is 0. The number of carbonyl (C=O) groups excluding carboxylic acids is 1. The Balaban J connectivity index is 1.01. The van der Waals surface area contributed by atoms with Crippen LogP contribution in [0.5, 0.6) is 5.75 Å². The van der Waals surface area contributed by atoms with Crippen LogP contribution in [0.25, 0.3) is 0 Å². The van der Waals surface area contributed by atoms with Gasteiger partial charge in [0.15, 0.2) is 5.78 Å². The fourth-order valence-corrected chi connectivity index (χ4v) is 6.09. The molecule has 0 saturated carbocycles. The summed E-state index contributed by atoms with van der Waals surface area (Å²) in [6, 6.07) is 6.82. The van der Waals surface area contributed by atoms with Gasteiger partial charge in [-0.25, -0.2) is 0 Å². The van der Waals surface area contributed by atoms with Crippen molar-refractivity contribution in [3.05, 3.63) is 29.3 Å². The number of ketones is 1. The van der Waals surface area contributed by atoms with Crippen LogP contribution in [0.3, 0.4) is 0 Å². The van der Waals surface area contributed by atoms with Gasteiger partial charge in [-0.1, -0.05) is 12.5 Å². The normalized spacial score (nSPS) is 27.1. The molecule has 4 aliphatic rings. The van der Waals surface area contributed by atoms with Crippen LogP contribution in [-0.2, 0) is 11.3 Å². The number of piperidine rings is 2. The topological polar surface area (TPSA) is 45.3 Å². The van der Waals surface area contributed by atoms with E-state index < -0.39 is 0 Å². The predicted molar refractivity (Wildman–Crippen MR) is 130 cm³/mol. The molecule has 0 amide bonds. The molecule has 0 aliphatic carbocycles. The maximum absolute atomic E-state index is 12.0. The molecular weight excluding hydrogens is 414 g/mol. The fraction of sp³-hybridized carbons (Fsp3) is 0.741. The molecule has 33 heavy (non-hydrogen) atoms. The molecule has 0 radical (unpaired) electrons. The van der Waals surface area contributed by atoms with Gasteiger partial charge in [-0.2, -0.15) is 0 Å². The highest BCUT2D eigenvalue weighted by Gasteiger charge is 2.33. The predicted octanol–water partition coefficient (Wildman–Crippen LogP) is 3.44. The molecule has 6 nitrogen and oxygen atoms in total. The third kappa shape index (κ3) is 6.16. The zero-order valence-corrected chi connectivity index (χ0v) is 20.2. The van der Waals surface area contributed by atoms with Gasteiger partial charge in [-0.3, -0.25) is 14.6 Å². The Hall–Kier alpha value is -1.47. The van der Waals surface area contributed by atoms with Crippen molar-refractivity contribution in [1.29, 1.82) is 0 Å². The molecule has 4 aliphatic heterocycles. The van der Waals surface area contributed by atoms with Crippen molar-refractivity contribution < 1.29 is 14.3 Å². The second kappa shape index (κ2) is 11.3. The average Bonchev–Trinajstić information content (AvgIpc) is 2.84. The number of rotatable bonds is 8. The SMILES string of the molecule is O=C1CCOc2cc(CN3CCN4CC(COCCCN5CCCCC5)CCC4C3)ccc21. The van der Waals surface area contributed by atoms with Gasteiger partial charge >= 0.3 is 0 Å². The Morgan fingerprint density at radius 3 is 2.82 bits per heavy atom. The lowest BCUT2D eigenvalue weighted by Gasteiger charge is -2.46. The maximum atomic E-state index is 12.0. The van der Waals surface area contributed by atoms with E-state index in [0.717, 1.165) is 50.7 Å². The van der Waals surface area contributed by atoms with Gasteiger partial charge in [-0.05, 0) is 68.8 Å². The molecule has 3 fully saturated rings. The van der Waals surface area contributed by atoms with Gasteiger partial charge in [0.2, 0.25) is 0 Å². The molecule has 0 N–H and O–H groups in total. The van der Waals surface area contributed by atoms with E-state index in [1.807, 2.05) is 6.07 Å². The van der Waals surface area contributed by atoms with Crippen molar-refractivity contribution in [2.24, 2.45) is 5.92 Å². The first-order chi connectivity index (χ1) is 16.2. The Morgan fingerprint density at radius 1 is 1.00 bits per heavy atom. The molecule has 3 saturated heterocycles. The molecule has 1 aromatic carbocycles. The zero-order valence-electron chi connectivity index (χ0n) is 20.2. The summed E-state index contributed by atoms with van der Waals surface area (Å²) in [4.78, 5) is 19.9. The molecule has 182 valence electrons. The van der Waals surface area contributed by atoms with Crippen molar-refractivity contribution in [1.82, 2.24) is 14.7 Å². The first-order valence-electron chi connectivity index (χ1n) is 13.3. The van der Waals surface area contributed by atoms with E-state index in [1.54, 1.807) is 0 Å². The summed E-state index contributed by atoms with van der Waals surface area (Å²) in [6.45, 7) is 11.7. The van der Waals surface area contributed by atoms with Gasteiger partial charge in [0.25, 0.3) is 0 Å². The van der Waals surface area contributed by atoms with Crippen molar-refractivity contribution in [3.63, 3.8) is 0 Å². The molecule has 6 heteroatoms. The lowest BCUT2D eigenvalue weighted by atomic mass is 9.91. The molecule has 0 aromatic heterocycles. The average molecular weight is 456 g/mol. The van der Waals surface area contributed by atoms with Gasteiger partial charge in [0.1, 0.15) is 5.75 Å². The Kier molecular flexibility index (Phi) is 7.97. The van der Waals surface area contributed by atoms with Gasteiger partial charge in [0, 0.05) is 58.3 Å². The first-order valence-corrected chi connectivity index (χ1v) is 13.3. The highest BCUT2D eigenvalue weighted by Crippen LogP contribution is 2.29. The Morgan fingerprint density at radius 2 is 1.91 bits per heavy atom. The van der Waals surface area contributed by atoms with Gasteiger partial charge in [-0.15, -0.1) is 0 Å². The van der Waals surface area contributed by atoms with E-state index in [4.69, 9.17) is 9.47 Å². The van der Waals surface area contributed by atoms with Crippen LogP contribution < -0.4 is 4.74 Å². The third-order valence-electron chi connectivity index (χ3n) is 7.99. The summed E-state index contributed by atoms with van der Waals surface area (Å²) in [5.41, 5.74) is 2.00. The summed E-state index contributed by atoms with van der Waals surface area (Å²) < 4.78 is 11.8. The van der Waals surface area contributed by atoms with Crippen LogP contribution in [0.1, 0.15) is 60.9 Å². The second-order valence-corrected chi connectivity index (χ2v) is 10.5. The van der Waals surface area contributed by atoms with E-state index in [9.17, 15) is 4.79 Å². The number of nitrogens with zero attached hydrogens (tertiary/aromatic N) is 3. The highest BCUT2D eigenvalue weighted by atomic mass is 16.5. The molecule has 4 heterocycles. The van der Waals surface area contributed by atoms with Crippen LogP contribution >= 0.6 is 0 Å². The number of carbonyl (C=O) groups is 1. The number of ether oxygens (including phenoxy) is 2. The van der Waals surface area contributed by atoms with Crippen LogP contribution in [-0.4, -0.2) is 92.2 Å². The standard InChI is InChI=1S/C27H41N3O3/c31-26-9-16-33-27-17-22(6-8-25(26)27)18-29-13-14-30-19-23(5-7-24(30)20-29)21-32-15-4-12-28-10-2-1-3-11-28/h6,8,17,23-24H,1-5,7,9-16,18-21H2. The van der Waals surface area contributed by atoms with Gasteiger partial charge in [0.05, 0.1) is 18.8 Å². The Labute approximate surface area is 199 Å². The minimum Gasteiger partial charge on any atom is -0.492 e. The molecule has 2 atom stereocenters. The van der Waals surface area contributed by atoms with Crippen LogP contribution in [0.15, 0.2) is 18.2 Å². The molecule has 0 bridgehead atoms. The van der Waals surface area contributed by atoms with Gasteiger partial charge < -0.3 is 14.4 Å². The quantitative estimate of drug-likeness (QED) is 0.560. The fourth-order valence-electron chi connectivity index (χ4n) is 6.09. The minimum absolute atomic E-state index is 0.208. The second-order valence-electron chi connectivity index (χ2n) is 10.5. The summed E-state index contributed by atoms with van der Waals surface area (Å²) in [7, 11) is 0. The lowest BCUT2D eigenvalue weighted by Crippen LogP contribution is -2.56. The van der Waals surface area contributed by atoms with Crippen LogP contribution in [0.2, 0.25) is 0 Å². The third-order valence-corrected chi connectivity index (χ3v) is 7.99. The minimum atomic E-state index is 0.208.